The van der Waals surface area contributed by atoms with Gasteiger partial charge in [0.25, 0.3) is 0 Å². The number of rotatable bonds is 5. The van der Waals surface area contributed by atoms with Crippen LogP contribution >= 0.6 is 12.2 Å². The van der Waals surface area contributed by atoms with Crippen molar-refractivity contribution in [3.05, 3.63) is 23.0 Å². The van der Waals surface area contributed by atoms with Gasteiger partial charge in [-0.05, 0) is 27.2 Å². The highest BCUT2D eigenvalue weighted by atomic mass is 32.1. The van der Waals surface area contributed by atoms with E-state index in [4.69, 9.17) is 22.7 Å². The second-order valence-electron chi connectivity index (χ2n) is 4.30. The van der Waals surface area contributed by atoms with Gasteiger partial charge in [-0.1, -0.05) is 25.6 Å². The predicted octanol–water partition coefficient (Wildman–Crippen LogP) is 2.90. The maximum absolute atomic E-state index is 5.90. The number of thiocarbonyl (C=S) groups is 1. The standard InChI is InChI=1S/C13H20N2OS/c1-5-6-9(3)16-11-7-8(2)15-10(4)12(11)13(14)17/h7,9H,5-6H2,1-4H3,(H2,14,17). The number of nitrogens with two attached hydrogens (primary N) is 1. The van der Waals surface area contributed by atoms with Crippen LogP contribution in [-0.4, -0.2) is 16.1 Å². The molecule has 3 nitrogen and oxygen atoms in total. The first-order valence-corrected chi connectivity index (χ1v) is 6.31. The molecule has 17 heavy (non-hydrogen) atoms. The summed E-state index contributed by atoms with van der Waals surface area (Å²) >= 11 is 5.06. The van der Waals surface area contributed by atoms with Gasteiger partial charge in [-0.15, -0.1) is 0 Å². The molecule has 0 amide bonds. The Kier molecular flexibility index (Phi) is 4.87. The summed E-state index contributed by atoms with van der Waals surface area (Å²) in [7, 11) is 0. The maximum Gasteiger partial charge on any atom is 0.133 e. The average Bonchev–Trinajstić information content (AvgIpc) is 2.15. The molecule has 1 unspecified atom stereocenters. The monoisotopic (exact) mass is 252 g/mol. The van der Waals surface area contributed by atoms with Crippen LogP contribution in [0.3, 0.4) is 0 Å². The third-order valence-corrected chi connectivity index (χ3v) is 2.77. The summed E-state index contributed by atoms with van der Waals surface area (Å²) in [4.78, 5) is 4.70. The van der Waals surface area contributed by atoms with E-state index in [1.165, 1.54) is 0 Å². The molecule has 0 bridgehead atoms. The molecule has 1 aromatic rings. The highest BCUT2D eigenvalue weighted by Crippen LogP contribution is 2.24. The van der Waals surface area contributed by atoms with Crippen LogP contribution in [-0.2, 0) is 0 Å². The molecule has 0 spiro atoms. The van der Waals surface area contributed by atoms with Crippen LogP contribution in [0.5, 0.6) is 5.75 Å². The van der Waals surface area contributed by atoms with E-state index in [-0.39, 0.29) is 6.10 Å². The summed E-state index contributed by atoms with van der Waals surface area (Å²) in [6, 6.07) is 1.90. The van der Waals surface area contributed by atoms with Crippen molar-refractivity contribution < 1.29 is 4.74 Å². The van der Waals surface area contributed by atoms with Crippen molar-refractivity contribution in [1.29, 1.82) is 0 Å². The van der Waals surface area contributed by atoms with Gasteiger partial charge in [0.15, 0.2) is 0 Å². The smallest absolute Gasteiger partial charge is 0.133 e. The molecule has 0 aliphatic heterocycles. The molecule has 94 valence electrons. The molecular weight excluding hydrogens is 232 g/mol. The van der Waals surface area contributed by atoms with E-state index in [1.807, 2.05) is 19.9 Å². The van der Waals surface area contributed by atoms with Crippen molar-refractivity contribution in [1.82, 2.24) is 4.98 Å². The molecule has 0 aliphatic rings. The summed E-state index contributed by atoms with van der Waals surface area (Å²) < 4.78 is 5.90. The number of hydrogen-bond acceptors (Lipinski definition) is 3. The molecule has 0 aliphatic carbocycles. The van der Waals surface area contributed by atoms with Gasteiger partial charge in [0.05, 0.1) is 17.4 Å². The predicted molar refractivity (Wildman–Crippen MR) is 74.6 cm³/mol. The molecule has 0 saturated heterocycles. The highest BCUT2D eigenvalue weighted by Gasteiger charge is 2.14. The zero-order valence-corrected chi connectivity index (χ0v) is 11.7. The molecule has 0 fully saturated rings. The van der Waals surface area contributed by atoms with Gasteiger partial charge in [-0.2, -0.15) is 0 Å². The first-order valence-electron chi connectivity index (χ1n) is 5.90. The minimum Gasteiger partial charge on any atom is -0.490 e. The third-order valence-electron chi connectivity index (χ3n) is 2.56. The SMILES string of the molecule is CCCC(C)Oc1cc(C)nc(C)c1C(N)=S. The van der Waals surface area contributed by atoms with Crippen molar-refractivity contribution in [2.24, 2.45) is 5.73 Å². The number of hydrogen-bond donors (Lipinski definition) is 1. The molecule has 0 saturated carbocycles. The third kappa shape index (κ3) is 3.66. The van der Waals surface area contributed by atoms with Crippen molar-refractivity contribution in [3.63, 3.8) is 0 Å². The normalized spacial score (nSPS) is 12.2. The Hall–Kier alpha value is -1.16. The Morgan fingerprint density at radius 1 is 1.53 bits per heavy atom. The molecule has 1 aromatic heterocycles. The van der Waals surface area contributed by atoms with Gasteiger partial charge in [-0.3, -0.25) is 4.98 Å². The van der Waals surface area contributed by atoms with Gasteiger partial charge < -0.3 is 10.5 Å². The zero-order valence-electron chi connectivity index (χ0n) is 10.9. The van der Waals surface area contributed by atoms with Crippen molar-refractivity contribution in [2.45, 2.75) is 46.6 Å². The Bertz CT molecular complexity index is 418. The number of nitrogens with zero attached hydrogens (tertiary/aromatic N) is 1. The molecule has 2 N–H and O–H groups in total. The van der Waals surface area contributed by atoms with Crippen LogP contribution in [0, 0.1) is 13.8 Å². The van der Waals surface area contributed by atoms with Gasteiger partial charge in [0, 0.05) is 11.8 Å². The highest BCUT2D eigenvalue weighted by molar-refractivity contribution is 7.80. The lowest BCUT2D eigenvalue weighted by atomic mass is 10.1. The molecule has 0 radical (unpaired) electrons. The molecule has 4 heteroatoms. The minimum atomic E-state index is 0.161. The fourth-order valence-electron chi connectivity index (χ4n) is 1.87. The van der Waals surface area contributed by atoms with E-state index in [9.17, 15) is 0 Å². The number of pyridine rings is 1. The van der Waals surface area contributed by atoms with Crippen molar-refractivity contribution in [3.8, 4) is 5.75 Å². The first kappa shape index (κ1) is 13.9. The average molecular weight is 252 g/mol. The fraction of sp³-hybridized carbons (Fsp3) is 0.538. The first-order chi connectivity index (χ1) is 7.95. The molecule has 1 rings (SSSR count). The van der Waals surface area contributed by atoms with Crippen LogP contribution in [0.4, 0.5) is 0 Å². The van der Waals surface area contributed by atoms with Crippen LogP contribution < -0.4 is 10.5 Å². The van der Waals surface area contributed by atoms with Gasteiger partial charge in [0.1, 0.15) is 10.7 Å². The lowest BCUT2D eigenvalue weighted by Crippen LogP contribution is -2.18. The lowest BCUT2D eigenvalue weighted by molar-refractivity contribution is 0.209. The van der Waals surface area contributed by atoms with Crippen LogP contribution in [0.1, 0.15) is 43.6 Å². The van der Waals surface area contributed by atoms with E-state index in [2.05, 4.69) is 18.8 Å². The number of ether oxygens (including phenoxy) is 1. The number of aryl methyl sites for hydroxylation is 2. The Balaban J connectivity index is 3.08. The van der Waals surface area contributed by atoms with E-state index in [0.717, 1.165) is 35.5 Å². The molecule has 0 aromatic carbocycles. The summed E-state index contributed by atoms with van der Waals surface area (Å²) in [6.07, 6.45) is 2.26. The maximum atomic E-state index is 5.90. The molecule has 1 atom stereocenters. The van der Waals surface area contributed by atoms with Crippen molar-refractivity contribution in [2.75, 3.05) is 0 Å². The zero-order chi connectivity index (χ0) is 13.0. The quantitative estimate of drug-likeness (QED) is 0.819. The minimum absolute atomic E-state index is 0.161. The van der Waals surface area contributed by atoms with Crippen LogP contribution in [0.15, 0.2) is 6.07 Å². The van der Waals surface area contributed by atoms with E-state index in [1.54, 1.807) is 0 Å². The van der Waals surface area contributed by atoms with E-state index >= 15 is 0 Å². The van der Waals surface area contributed by atoms with E-state index < -0.39 is 0 Å². The summed E-state index contributed by atoms with van der Waals surface area (Å²) in [6.45, 7) is 8.03. The van der Waals surface area contributed by atoms with Crippen LogP contribution in [0.25, 0.3) is 0 Å². The summed E-state index contributed by atoms with van der Waals surface area (Å²) in [5.41, 5.74) is 8.23. The van der Waals surface area contributed by atoms with Gasteiger partial charge >= 0.3 is 0 Å². The van der Waals surface area contributed by atoms with E-state index in [0.29, 0.717) is 4.99 Å². The number of aromatic nitrogens is 1. The molecule has 1 heterocycles. The fourth-order valence-corrected chi connectivity index (χ4v) is 2.12. The Labute approximate surface area is 108 Å². The Morgan fingerprint density at radius 3 is 2.71 bits per heavy atom. The molecular formula is C13H20N2OS. The topological polar surface area (TPSA) is 48.1 Å². The second-order valence-corrected chi connectivity index (χ2v) is 4.74. The Morgan fingerprint density at radius 2 is 2.18 bits per heavy atom. The summed E-state index contributed by atoms with van der Waals surface area (Å²) in [5.74, 6) is 0.753. The van der Waals surface area contributed by atoms with Crippen LogP contribution in [0.2, 0.25) is 0 Å². The summed E-state index contributed by atoms with van der Waals surface area (Å²) in [5, 5.41) is 0. The lowest BCUT2D eigenvalue weighted by Gasteiger charge is -2.18. The van der Waals surface area contributed by atoms with Crippen molar-refractivity contribution >= 4 is 17.2 Å². The van der Waals surface area contributed by atoms with Gasteiger partial charge in [-0.25, -0.2) is 0 Å². The largest absolute Gasteiger partial charge is 0.490 e. The second kappa shape index (κ2) is 5.96. The van der Waals surface area contributed by atoms with Gasteiger partial charge in [0.2, 0.25) is 0 Å².